The maximum atomic E-state index is 12.9. The maximum Gasteiger partial charge on any atom is 0.408 e. The predicted molar refractivity (Wildman–Crippen MR) is 106 cm³/mol. The molecule has 0 saturated carbocycles. The number of carbonyl (C=O) groups is 2. The number of aryl methyl sites for hydroxylation is 1. The number of hydrogen-bond donors (Lipinski definition) is 1. The van der Waals surface area contributed by atoms with Crippen LogP contribution in [0.4, 0.5) is 9.18 Å². The van der Waals surface area contributed by atoms with Crippen LogP contribution >= 0.6 is 11.8 Å². The number of nitrogens with one attached hydrogen (secondary N) is 1. The lowest BCUT2D eigenvalue weighted by atomic mass is 10.0. The number of methoxy groups -OCH3 is 1. The van der Waals surface area contributed by atoms with Crippen LogP contribution in [0.25, 0.3) is 0 Å². The molecular weight excluding hydrogens is 369 g/mol. The van der Waals surface area contributed by atoms with Gasteiger partial charge >= 0.3 is 12.1 Å². The van der Waals surface area contributed by atoms with Gasteiger partial charge < -0.3 is 14.8 Å². The average molecular weight is 400 g/mol. The lowest BCUT2D eigenvalue weighted by Gasteiger charge is -2.33. The number of amides is 1. The van der Waals surface area contributed by atoms with Gasteiger partial charge in [0.05, 0.1) is 7.11 Å². The molecule has 7 heteroatoms. The van der Waals surface area contributed by atoms with Crippen molar-refractivity contribution in [1.29, 1.82) is 0 Å². The Kier molecular flexibility index (Phi) is 8.59. The monoisotopic (exact) mass is 399 g/mol. The average Bonchev–Trinajstić information content (AvgIpc) is 2.56. The molecule has 0 aliphatic carbocycles. The molecule has 0 spiro atoms. The van der Waals surface area contributed by atoms with Crippen LogP contribution in [0.15, 0.2) is 24.3 Å². The minimum Gasteiger partial charge on any atom is -0.467 e. The summed E-state index contributed by atoms with van der Waals surface area (Å²) in [5, 5.41) is 2.63. The largest absolute Gasteiger partial charge is 0.467 e. The fourth-order valence-corrected chi connectivity index (χ4v) is 3.54. The molecule has 152 valence electrons. The second kappa shape index (κ2) is 9.97. The molecule has 0 bridgehead atoms. The molecule has 27 heavy (non-hydrogen) atoms. The SMILES string of the molecule is COC(=O)[C@@H](NC(=O)OC(C)(C)C)C(C)(C)SCCCc1ccc(F)cc1. The van der Waals surface area contributed by atoms with E-state index >= 15 is 0 Å². The molecule has 0 unspecified atom stereocenters. The highest BCUT2D eigenvalue weighted by atomic mass is 32.2. The van der Waals surface area contributed by atoms with E-state index in [1.165, 1.54) is 19.2 Å². The van der Waals surface area contributed by atoms with Crippen molar-refractivity contribution >= 4 is 23.8 Å². The van der Waals surface area contributed by atoms with Gasteiger partial charge in [0.15, 0.2) is 0 Å². The summed E-state index contributed by atoms with van der Waals surface area (Å²) in [6.07, 6.45) is 1.02. The first kappa shape index (κ1) is 23.3. The van der Waals surface area contributed by atoms with E-state index in [4.69, 9.17) is 9.47 Å². The zero-order chi connectivity index (χ0) is 20.7. The van der Waals surface area contributed by atoms with Crippen molar-refractivity contribution in [1.82, 2.24) is 5.32 Å². The maximum absolute atomic E-state index is 12.9. The molecular formula is C20H30FNO4S. The zero-order valence-corrected chi connectivity index (χ0v) is 17.7. The van der Waals surface area contributed by atoms with Crippen molar-refractivity contribution in [3.8, 4) is 0 Å². The number of esters is 1. The molecule has 1 N–H and O–H groups in total. The van der Waals surface area contributed by atoms with Gasteiger partial charge in [0.2, 0.25) is 0 Å². The van der Waals surface area contributed by atoms with Gasteiger partial charge in [0.1, 0.15) is 17.5 Å². The summed E-state index contributed by atoms with van der Waals surface area (Å²) >= 11 is 1.57. The predicted octanol–water partition coefficient (Wildman–Crippen LogP) is 4.34. The van der Waals surface area contributed by atoms with Gasteiger partial charge in [-0.2, -0.15) is 11.8 Å². The first-order valence-electron chi connectivity index (χ1n) is 8.90. The Labute approximate surface area is 165 Å². The van der Waals surface area contributed by atoms with Crippen molar-refractivity contribution in [3.63, 3.8) is 0 Å². The summed E-state index contributed by atoms with van der Waals surface area (Å²) in [5.74, 6) is 0.00807. The van der Waals surface area contributed by atoms with Gasteiger partial charge in [-0.1, -0.05) is 12.1 Å². The summed E-state index contributed by atoms with van der Waals surface area (Å²) in [6, 6.07) is 5.60. The molecule has 1 atom stereocenters. The van der Waals surface area contributed by atoms with E-state index in [2.05, 4.69) is 5.32 Å². The smallest absolute Gasteiger partial charge is 0.408 e. The first-order chi connectivity index (χ1) is 12.4. The minimum absolute atomic E-state index is 0.247. The van der Waals surface area contributed by atoms with Crippen molar-refractivity contribution in [2.75, 3.05) is 12.9 Å². The third kappa shape index (κ3) is 8.65. The lowest BCUT2D eigenvalue weighted by molar-refractivity contribution is -0.143. The Morgan fingerprint density at radius 2 is 1.74 bits per heavy atom. The van der Waals surface area contributed by atoms with Gasteiger partial charge in [-0.3, -0.25) is 0 Å². The summed E-state index contributed by atoms with van der Waals surface area (Å²) in [5.41, 5.74) is 0.406. The molecule has 0 aliphatic heterocycles. The molecule has 1 aromatic carbocycles. The summed E-state index contributed by atoms with van der Waals surface area (Å²) in [7, 11) is 1.29. The summed E-state index contributed by atoms with van der Waals surface area (Å²) < 4.78 is 22.5. The standard InChI is InChI=1S/C20H30FNO4S/c1-19(2,3)26-18(24)22-16(17(23)25-6)20(4,5)27-13-7-8-14-9-11-15(21)12-10-14/h9-12,16H,7-8,13H2,1-6H3,(H,22,24)/t16-/m1/s1. The molecule has 0 saturated heterocycles. The van der Waals surface area contributed by atoms with Crippen LogP contribution in [-0.4, -0.2) is 41.3 Å². The second-order valence-corrected chi connectivity index (χ2v) is 9.53. The van der Waals surface area contributed by atoms with Crippen molar-refractivity contribution in [2.45, 2.75) is 63.9 Å². The van der Waals surface area contributed by atoms with E-state index in [-0.39, 0.29) is 5.82 Å². The van der Waals surface area contributed by atoms with E-state index in [1.807, 2.05) is 13.8 Å². The normalized spacial score (nSPS) is 13.0. The molecule has 1 aromatic rings. The van der Waals surface area contributed by atoms with Gasteiger partial charge in [-0.15, -0.1) is 0 Å². The van der Waals surface area contributed by atoms with E-state index < -0.39 is 28.5 Å². The number of rotatable bonds is 8. The van der Waals surface area contributed by atoms with Crippen LogP contribution in [0.3, 0.4) is 0 Å². The zero-order valence-electron chi connectivity index (χ0n) is 16.9. The van der Waals surface area contributed by atoms with Crippen LogP contribution in [-0.2, 0) is 20.7 Å². The number of carbonyl (C=O) groups excluding carboxylic acids is 2. The van der Waals surface area contributed by atoms with Crippen LogP contribution < -0.4 is 5.32 Å². The molecule has 0 radical (unpaired) electrons. The Hall–Kier alpha value is -1.76. The highest BCUT2D eigenvalue weighted by molar-refractivity contribution is 8.00. The molecule has 0 aromatic heterocycles. The first-order valence-corrected chi connectivity index (χ1v) is 9.89. The molecule has 0 aliphatic rings. The fraction of sp³-hybridized carbons (Fsp3) is 0.600. The quantitative estimate of drug-likeness (QED) is 0.520. The third-order valence-corrected chi connectivity index (χ3v) is 5.26. The van der Waals surface area contributed by atoms with E-state index in [0.717, 1.165) is 24.2 Å². The number of ether oxygens (including phenoxy) is 2. The summed E-state index contributed by atoms with van der Waals surface area (Å²) in [6.45, 7) is 9.04. The Balaban J connectivity index is 2.63. The van der Waals surface area contributed by atoms with E-state index in [0.29, 0.717) is 0 Å². The second-order valence-electron chi connectivity index (χ2n) is 7.78. The number of benzene rings is 1. The van der Waals surface area contributed by atoms with E-state index in [9.17, 15) is 14.0 Å². The van der Waals surface area contributed by atoms with Gasteiger partial charge in [0.25, 0.3) is 0 Å². The fourth-order valence-electron chi connectivity index (χ4n) is 2.41. The van der Waals surface area contributed by atoms with Crippen molar-refractivity contribution < 1.29 is 23.5 Å². The Bertz CT molecular complexity index is 626. The lowest BCUT2D eigenvalue weighted by Crippen LogP contribution is -2.54. The van der Waals surface area contributed by atoms with Crippen LogP contribution in [0.2, 0.25) is 0 Å². The number of thioether (sulfide) groups is 1. The van der Waals surface area contributed by atoms with E-state index in [1.54, 1.807) is 44.7 Å². The van der Waals surface area contributed by atoms with Gasteiger partial charge in [0, 0.05) is 4.75 Å². The van der Waals surface area contributed by atoms with Crippen LogP contribution in [0, 0.1) is 5.82 Å². The van der Waals surface area contributed by atoms with Gasteiger partial charge in [-0.05, 0) is 70.9 Å². The number of halogens is 1. The third-order valence-electron chi connectivity index (χ3n) is 3.79. The molecule has 0 fully saturated rings. The Morgan fingerprint density at radius 3 is 2.26 bits per heavy atom. The molecule has 5 nitrogen and oxygen atoms in total. The highest BCUT2D eigenvalue weighted by Gasteiger charge is 2.38. The van der Waals surface area contributed by atoms with Crippen LogP contribution in [0.5, 0.6) is 0 Å². The van der Waals surface area contributed by atoms with Crippen molar-refractivity contribution in [3.05, 3.63) is 35.6 Å². The van der Waals surface area contributed by atoms with Crippen LogP contribution in [0.1, 0.15) is 46.6 Å². The topological polar surface area (TPSA) is 64.6 Å². The summed E-state index contributed by atoms with van der Waals surface area (Å²) in [4.78, 5) is 24.3. The van der Waals surface area contributed by atoms with Gasteiger partial charge in [-0.25, -0.2) is 14.0 Å². The highest BCUT2D eigenvalue weighted by Crippen LogP contribution is 2.30. The minimum atomic E-state index is -0.840. The number of alkyl carbamates (subject to hydrolysis) is 1. The van der Waals surface area contributed by atoms with Crippen molar-refractivity contribution in [2.24, 2.45) is 0 Å². The molecule has 1 amide bonds. The molecule has 1 rings (SSSR count). The number of hydrogen-bond acceptors (Lipinski definition) is 5. The Morgan fingerprint density at radius 1 is 1.15 bits per heavy atom. The molecule has 0 heterocycles.